The predicted molar refractivity (Wildman–Crippen MR) is 88.4 cm³/mol. The molecule has 2 nitrogen and oxygen atoms in total. The first-order valence-corrected chi connectivity index (χ1v) is 7.28. The van der Waals surface area contributed by atoms with Gasteiger partial charge in [0.2, 0.25) is 0 Å². The van der Waals surface area contributed by atoms with Crippen molar-refractivity contribution in [2.75, 3.05) is 7.05 Å². The van der Waals surface area contributed by atoms with Crippen molar-refractivity contribution in [2.24, 2.45) is 0 Å². The summed E-state index contributed by atoms with van der Waals surface area (Å²) in [5.74, 6) is 0.902. The number of rotatable bonds is 6. The van der Waals surface area contributed by atoms with Crippen molar-refractivity contribution in [2.45, 2.75) is 26.5 Å². The fourth-order valence-electron chi connectivity index (χ4n) is 2.22. The molecule has 1 N–H and O–H groups in total. The lowest BCUT2D eigenvalue weighted by Gasteiger charge is -2.15. The highest BCUT2D eigenvalue weighted by atomic mass is 16.5. The molecule has 0 aliphatic carbocycles. The van der Waals surface area contributed by atoms with Crippen LogP contribution in [0.5, 0.6) is 5.75 Å². The Labute approximate surface area is 127 Å². The molecule has 0 saturated heterocycles. The summed E-state index contributed by atoms with van der Waals surface area (Å²) in [6.45, 7) is 4.82. The van der Waals surface area contributed by atoms with Crippen LogP contribution in [-0.2, 0) is 6.61 Å². The molecule has 2 aromatic rings. The van der Waals surface area contributed by atoms with E-state index in [2.05, 4.69) is 49.5 Å². The molecule has 21 heavy (non-hydrogen) atoms. The summed E-state index contributed by atoms with van der Waals surface area (Å²) < 4.78 is 5.88. The van der Waals surface area contributed by atoms with E-state index in [1.54, 1.807) is 0 Å². The molecule has 2 rings (SSSR count). The third-order valence-electron chi connectivity index (χ3n) is 3.28. The number of nitrogens with one attached hydrogen (secondary N) is 1. The summed E-state index contributed by atoms with van der Waals surface area (Å²) in [4.78, 5) is 0. The smallest absolute Gasteiger partial charge is 0.120 e. The second-order valence-electron chi connectivity index (χ2n) is 5.36. The van der Waals surface area contributed by atoms with E-state index < -0.39 is 0 Å². The lowest BCUT2D eigenvalue weighted by atomic mass is 10.0. The summed E-state index contributed by atoms with van der Waals surface area (Å²) in [5.41, 5.74) is 3.69. The lowest BCUT2D eigenvalue weighted by Crippen LogP contribution is -2.14. The molecule has 1 unspecified atom stereocenters. The third-order valence-corrected chi connectivity index (χ3v) is 3.28. The van der Waals surface area contributed by atoms with Crippen molar-refractivity contribution >= 4 is 0 Å². The molecule has 0 heterocycles. The van der Waals surface area contributed by atoms with E-state index >= 15 is 0 Å². The molecule has 2 aromatic carbocycles. The van der Waals surface area contributed by atoms with Gasteiger partial charge in [0.25, 0.3) is 0 Å². The van der Waals surface area contributed by atoms with E-state index in [9.17, 15) is 0 Å². The second-order valence-corrected chi connectivity index (χ2v) is 5.36. The molecule has 0 amide bonds. The van der Waals surface area contributed by atoms with Crippen molar-refractivity contribution in [3.8, 4) is 5.75 Å². The van der Waals surface area contributed by atoms with E-state index in [1.165, 1.54) is 16.7 Å². The topological polar surface area (TPSA) is 21.3 Å². The van der Waals surface area contributed by atoms with Gasteiger partial charge < -0.3 is 10.1 Å². The first-order valence-electron chi connectivity index (χ1n) is 7.28. The van der Waals surface area contributed by atoms with Gasteiger partial charge in [-0.3, -0.25) is 0 Å². The molecule has 0 aliphatic heterocycles. The molecule has 0 fully saturated rings. The highest BCUT2D eigenvalue weighted by Crippen LogP contribution is 2.22. The van der Waals surface area contributed by atoms with Gasteiger partial charge in [-0.2, -0.15) is 0 Å². The highest BCUT2D eigenvalue weighted by molar-refractivity contribution is 5.33. The third kappa shape index (κ3) is 4.76. The van der Waals surface area contributed by atoms with Crippen molar-refractivity contribution in [1.82, 2.24) is 5.32 Å². The number of allylic oxidation sites excluding steroid dienone is 1. The van der Waals surface area contributed by atoms with Crippen molar-refractivity contribution in [3.63, 3.8) is 0 Å². The molecule has 0 spiro atoms. The molecular weight excluding hydrogens is 258 g/mol. The van der Waals surface area contributed by atoms with Crippen LogP contribution >= 0.6 is 0 Å². The van der Waals surface area contributed by atoms with Crippen LogP contribution in [0.4, 0.5) is 0 Å². The second kappa shape index (κ2) is 7.65. The average molecular weight is 281 g/mol. The molecule has 0 aromatic heterocycles. The van der Waals surface area contributed by atoms with Crippen LogP contribution in [0.15, 0.2) is 66.2 Å². The summed E-state index contributed by atoms with van der Waals surface area (Å²) in [6, 6.07) is 18.7. The molecule has 0 bridgehead atoms. The normalized spacial score (nSPS) is 11.8. The monoisotopic (exact) mass is 281 g/mol. The Hall–Kier alpha value is -2.06. The van der Waals surface area contributed by atoms with Crippen LogP contribution in [0.1, 0.15) is 31.0 Å². The Balaban J connectivity index is 2.08. The minimum Gasteiger partial charge on any atom is -0.489 e. The fourth-order valence-corrected chi connectivity index (χ4v) is 2.22. The van der Waals surface area contributed by atoms with Crippen LogP contribution < -0.4 is 10.1 Å². The van der Waals surface area contributed by atoms with E-state index in [0.717, 1.165) is 5.75 Å². The predicted octanol–water partition coefficient (Wildman–Crippen LogP) is 4.49. The number of benzene rings is 2. The van der Waals surface area contributed by atoms with Crippen LogP contribution in [0.25, 0.3) is 0 Å². The molecular formula is C19H23NO. The van der Waals surface area contributed by atoms with E-state index in [-0.39, 0.29) is 6.04 Å². The van der Waals surface area contributed by atoms with Gasteiger partial charge in [0, 0.05) is 0 Å². The van der Waals surface area contributed by atoms with Gasteiger partial charge in [-0.1, -0.05) is 54.1 Å². The zero-order valence-electron chi connectivity index (χ0n) is 13.0. The number of ether oxygens (including phenoxy) is 1. The van der Waals surface area contributed by atoms with Gasteiger partial charge in [-0.15, -0.1) is 0 Å². The molecule has 110 valence electrons. The van der Waals surface area contributed by atoms with Gasteiger partial charge in [0.1, 0.15) is 12.4 Å². The zero-order valence-corrected chi connectivity index (χ0v) is 13.0. The van der Waals surface area contributed by atoms with Crippen LogP contribution in [0, 0.1) is 0 Å². The Bertz CT molecular complexity index is 586. The lowest BCUT2D eigenvalue weighted by molar-refractivity contribution is 0.306. The maximum atomic E-state index is 5.88. The zero-order chi connectivity index (χ0) is 15.1. The van der Waals surface area contributed by atoms with Gasteiger partial charge in [-0.05, 0) is 44.2 Å². The Morgan fingerprint density at radius 1 is 1.10 bits per heavy atom. The van der Waals surface area contributed by atoms with Crippen molar-refractivity contribution in [3.05, 3.63) is 77.4 Å². The van der Waals surface area contributed by atoms with Gasteiger partial charge >= 0.3 is 0 Å². The van der Waals surface area contributed by atoms with Gasteiger partial charge in [-0.25, -0.2) is 0 Å². The number of likely N-dealkylation sites (N-methyl/N-ethyl adjacent to an activating group) is 1. The van der Waals surface area contributed by atoms with Gasteiger partial charge in [0.15, 0.2) is 0 Å². The molecule has 0 aliphatic rings. The number of hydrogen-bond donors (Lipinski definition) is 1. The van der Waals surface area contributed by atoms with Crippen LogP contribution in [-0.4, -0.2) is 7.05 Å². The first kappa shape index (κ1) is 15.3. The molecule has 1 atom stereocenters. The largest absolute Gasteiger partial charge is 0.489 e. The highest BCUT2D eigenvalue weighted by Gasteiger charge is 2.07. The van der Waals surface area contributed by atoms with Gasteiger partial charge in [0.05, 0.1) is 6.04 Å². The van der Waals surface area contributed by atoms with Crippen LogP contribution in [0.2, 0.25) is 0 Å². The minimum atomic E-state index is 0.218. The molecule has 0 saturated carbocycles. The van der Waals surface area contributed by atoms with E-state index in [4.69, 9.17) is 4.74 Å². The van der Waals surface area contributed by atoms with E-state index in [0.29, 0.717) is 6.61 Å². The minimum absolute atomic E-state index is 0.218. The van der Waals surface area contributed by atoms with Crippen molar-refractivity contribution < 1.29 is 4.74 Å². The molecule has 0 radical (unpaired) electrons. The fraction of sp³-hybridized carbons (Fsp3) is 0.263. The summed E-state index contributed by atoms with van der Waals surface area (Å²) in [7, 11) is 1.97. The molecule has 2 heteroatoms. The Morgan fingerprint density at radius 3 is 2.52 bits per heavy atom. The Kier molecular flexibility index (Phi) is 5.59. The number of hydrogen-bond acceptors (Lipinski definition) is 2. The van der Waals surface area contributed by atoms with Crippen molar-refractivity contribution in [1.29, 1.82) is 0 Å². The summed E-state index contributed by atoms with van der Waals surface area (Å²) in [5, 5.41) is 3.32. The maximum absolute atomic E-state index is 5.88. The SMILES string of the molecule is CNC(C=C(C)C)c1cccc(OCc2ccccc2)c1. The maximum Gasteiger partial charge on any atom is 0.120 e. The summed E-state index contributed by atoms with van der Waals surface area (Å²) >= 11 is 0. The average Bonchev–Trinajstić information content (AvgIpc) is 2.52. The van der Waals surface area contributed by atoms with Crippen LogP contribution in [0.3, 0.4) is 0 Å². The Morgan fingerprint density at radius 2 is 1.86 bits per heavy atom. The standard InChI is InChI=1S/C19H23NO/c1-15(2)12-19(20-3)17-10-7-11-18(13-17)21-14-16-8-5-4-6-9-16/h4-13,19-20H,14H2,1-3H3. The quantitative estimate of drug-likeness (QED) is 0.788. The summed E-state index contributed by atoms with van der Waals surface area (Å²) in [6.07, 6.45) is 2.22. The first-order chi connectivity index (χ1) is 10.2. The van der Waals surface area contributed by atoms with E-state index in [1.807, 2.05) is 37.4 Å².